The highest BCUT2D eigenvalue weighted by atomic mass is 32.2. The van der Waals surface area contributed by atoms with Gasteiger partial charge in [0.05, 0.1) is 12.0 Å². The van der Waals surface area contributed by atoms with Crippen LogP contribution in [0.4, 0.5) is 4.39 Å². The summed E-state index contributed by atoms with van der Waals surface area (Å²) < 4.78 is 46.7. The van der Waals surface area contributed by atoms with Crippen molar-refractivity contribution in [3.05, 3.63) is 53.6 Å². The van der Waals surface area contributed by atoms with Crippen molar-refractivity contribution in [1.29, 1.82) is 0 Å². The van der Waals surface area contributed by atoms with Gasteiger partial charge in [-0.25, -0.2) is 17.5 Å². The molecule has 7 heteroatoms. The molecule has 0 radical (unpaired) electrons. The number of hydrogen-bond donors (Lipinski definition) is 1. The monoisotopic (exact) mass is 350 g/mol. The molecule has 2 aromatic rings. The number of hydrogen-bond acceptors (Lipinski definition) is 4. The molecule has 1 aliphatic carbocycles. The molecule has 0 atom stereocenters. The third-order valence-corrected chi connectivity index (χ3v) is 6.02. The summed E-state index contributed by atoms with van der Waals surface area (Å²) in [5, 5.41) is 0. The zero-order valence-electron chi connectivity index (χ0n) is 13.5. The molecule has 1 N–H and O–H groups in total. The lowest BCUT2D eigenvalue weighted by molar-refractivity contribution is 0.384. The van der Waals surface area contributed by atoms with Crippen LogP contribution >= 0.6 is 0 Å². The number of pyridine rings is 1. The van der Waals surface area contributed by atoms with E-state index in [0.717, 1.165) is 18.5 Å². The van der Waals surface area contributed by atoms with E-state index < -0.39 is 15.8 Å². The molecule has 0 saturated heterocycles. The van der Waals surface area contributed by atoms with E-state index in [-0.39, 0.29) is 28.2 Å². The Morgan fingerprint density at radius 3 is 2.62 bits per heavy atom. The van der Waals surface area contributed by atoms with Crippen molar-refractivity contribution in [3.63, 3.8) is 0 Å². The van der Waals surface area contributed by atoms with Crippen LogP contribution in [0.3, 0.4) is 0 Å². The first kappa shape index (κ1) is 16.9. The molecule has 1 aromatic heterocycles. The second-order valence-corrected chi connectivity index (χ2v) is 7.76. The van der Waals surface area contributed by atoms with E-state index in [9.17, 15) is 12.8 Å². The highest BCUT2D eigenvalue weighted by Gasteiger charge is 2.46. The van der Waals surface area contributed by atoms with E-state index in [4.69, 9.17) is 4.74 Å². The lowest BCUT2D eigenvalue weighted by atomic mass is 10.0. The Bertz CT molecular complexity index is 850. The second kappa shape index (κ2) is 6.14. The third kappa shape index (κ3) is 3.01. The summed E-state index contributed by atoms with van der Waals surface area (Å²) in [5.74, 6) is -0.634. The van der Waals surface area contributed by atoms with E-state index in [1.807, 2.05) is 18.2 Å². The number of sulfonamides is 1. The van der Waals surface area contributed by atoms with Crippen LogP contribution in [0.15, 0.2) is 41.4 Å². The normalized spacial score (nSPS) is 16.0. The van der Waals surface area contributed by atoms with Crippen LogP contribution < -0.4 is 9.46 Å². The highest BCUT2D eigenvalue weighted by Crippen LogP contribution is 2.46. The van der Waals surface area contributed by atoms with Gasteiger partial charge >= 0.3 is 0 Å². The molecule has 0 bridgehead atoms. The van der Waals surface area contributed by atoms with Gasteiger partial charge in [0.1, 0.15) is 0 Å². The fraction of sp³-hybridized carbons (Fsp3) is 0.353. The average molecular weight is 350 g/mol. The number of nitrogens with zero attached hydrogens (tertiary/aromatic N) is 1. The number of aromatic nitrogens is 1. The predicted molar refractivity (Wildman–Crippen MR) is 88.0 cm³/mol. The number of ether oxygens (including phenoxy) is 1. The molecule has 3 rings (SSSR count). The molecule has 0 amide bonds. The Balaban J connectivity index is 1.82. The van der Waals surface area contributed by atoms with Gasteiger partial charge in [-0.05, 0) is 44.0 Å². The van der Waals surface area contributed by atoms with Gasteiger partial charge in [-0.2, -0.15) is 0 Å². The van der Waals surface area contributed by atoms with Gasteiger partial charge in [0.15, 0.2) is 11.6 Å². The highest BCUT2D eigenvalue weighted by molar-refractivity contribution is 7.89. The van der Waals surface area contributed by atoms with Gasteiger partial charge in [-0.1, -0.05) is 6.07 Å². The van der Waals surface area contributed by atoms with Crippen molar-refractivity contribution in [2.45, 2.75) is 30.1 Å². The van der Waals surface area contributed by atoms with Gasteiger partial charge in [0.25, 0.3) is 0 Å². The Kier molecular flexibility index (Phi) is 4.31. The van der Waals surface area contributed by atoms with Crippen LogP contribution in [0.1, 0.15) is 24.1 Å². The Morgan fingerprint density at radius 2 is 2.04 bits per heavy atom. The van der Waals surface area contributed by atoms with Gasteiger partial charge in [0.2, 0.25) is 10.0 Å². The maximum atomic E-state index is 14.1. The van der Waals surface area contributed by atoms with Gasteiger partial charge in [0, 0.05) is 29.4 Å². The van der Waals surface area contributed by atoms with Crippen LogP contribution in [0.25, 0.3) is 0 Å². The van der Waals surface area contributed by atoms with Crippen LogP contribution in [0.5, 0.6) is 5.75 Å². The number of rotatable bonds is 6. The smallest absolute Gasteiger partial charge is 0.240 e. The molecule has 24 heavy (non-hydrogen) atoms. The Hall–Kier alpha value is -1.99. The summed E-state index contributed by atoms with van der Waals surface area (Å²) in [5.41, 5.74) is 0.669. The predicted octanol–water partition coefficient (Wildman–Crippen LogP) is 2.55. The molecule has 1 saturated carbocycles. The molecule has 128 valence electrons. The van der Waals surface area contributed by atoms with Crippen LogP contribution in [0.2, 0.25) is 0 Å². The molecule has 0 aliphatic heterocycles. The number of methoxy groups -OCH3 is 1. The summed E-state index contributed by atoms with van der Waals surface area (Å²) in [6, 6.07) is 8.30. The summed E-state index contributed by atoms with van der Waals surface area (Å²) in [6.07, 6.45) is 3.46. The Labute approximate surface area is 140 Å². The fourth-order valence-electron chi connectivity index (χ4n) is 2.75. The molecular formula is C17H19FN2O3S. The molecule has 1 aliphatic rings. The largest absolute Gasteiger partial charge is 0.494 e. The summed E-state index contributed by atoms with van der Waals surface area (Å²) in [6.45, 7) is 1.68. The Morgan fingerprint density at radius 1 is 1.29 bits per heavy atom. The molecular weight excluding hydrogens is 331 g/mol. The van der Waals surface area contributed by atoms with Crippen molar-refractivity contribution in [2.75, 3.05) is 13.7 Å². The lowest BCUT2D eigenvalue weighted by Crippen LogP contribution is -2.33. The second-order valence-electron chi connectivity index (χ2n) is 6.02. The van der Waals surface area contributed by atoms with Gasteiger partial charge in [-0.3, -0.25) is 4.98 Å². The first-order valence-electron chi connectivity index (χ1n) is 7.64. The molecule has 0 unspecified atom stereocenters. The van der Waals surface area contributed by atoms with E-state index >= 15 is 0 Å². The van der Waals surface area contributed by atoms with E-state index in [2.05, 4.69) is 9.71 Å². The summed E-state index contributed by atoms with van der Waals surface area (Å²) in [7, 11) is -2.47. The molecule has 1 fully saturated rings. The zero-order valence-corrected chi connectivity index (χ0v) is 14.4. The van der Waals surface area contributed by atoms with Gasteiger partial charge < -0.3 is 4.74 Å². The van der Waals surface area contributed by atoms with Crippen molar-refractivity contribution in [3.8, 4) is 5.75 Å². The first-order chi connectivity index (χ1) is 11.4. The van der Waals surface area contributed by atoms with E-state index in [1.165, 1.54) is 26.2 Å². The minimum Gasteiger partial charge on any atom is -0.494 e. The quantitative estimate of drug-likeness (QED) is 0.869. The number of halogens is 1. The summed E-state index contributed by atoms with van der Waals surface area (Å²) >= 11 is 0. The van der Waals surface area contributed by atoms with E-state index in [0.29, 0.717) is 0 Å². The minimum absolute atomic E-state index is 0.0265. The number of benzene rings is 1. The first-order valence-corrected chi connectivity index (χ1v) is 9.12. The maximum absolute atomic E-state index is 14.1. The number of nitrogens with one attached hydrogen (secondary N) is 1. The lowest BCUT2D eigenvalue weighted by Gasteiger charge is -2.17. The van der Waals surface area contributed by atoms with Crippen molar-refractivity contribution >= 4 is 10.0 Å². The van der Waals surface area contributed by atoms with Crippen LogP contribution in [-0.2, 0) is 15.4 Å². The van der Waals surface area contributed by atoms with E-state index in [1.54, 1.807) is 6.20 Å². The molecule has 1 aromatic carbocycles. The average Bonchev–Trinajstić information content (AvgIpc) is 3.37. The van der Waals surface area contributed by atoms with Crippen LogP contribution in [0, 0.1) is 12.7 Å². The van der Waals surface area contributed by atoms with Crippen molar-refractivity contribution < 1.29 is 17.5 Å². The molecule has 1 heterocycles. The van der Waals surface area contributed by atoms with Gasteiger partial charge in [-0.15, -0.1) is 0 Å². The molecule has 5 nitrogen and oxygen atoms in total. The minimum atomic E-state index is -3.81. The topological polar surface area (TPSA) is 68.3 Å². The summed E-state index contributed by atoms with van der Waals surface area (Å²) in [4.78, 5) is 4.26. The van der Waals surface area contributed by atoms with Crippen LogP contribution in [-0.4, -0.2) is 27.1 Å². The zero-order chi connectivity index (χ0) is 17.4. The third-order valence-electron chi connectivity index (χ3n) is 4.47. The molecule has 0 spiro atoms. The standard InChI is InChI=1S/C17H19FN2O3S/c1-12-14(7-6-13(23-2)16(12)18)24(21,22)20-11-17(8-9-17)15-5-3-4-10-19-15/h3-7,10,20H,8-9,11H2,1-2H3. The fourth-order valence-corrected chi connectivity index (χ4v) is 4.11. The maximum Gasteiger partial charge on any atom is 0.240 e. The van der Waals surface area contributed by atoms with Crippen molar-refractivity contribution in [2.24, 2.45) is 0 Å². The SMILES string of the molecule is COc1ccc(S(=O)(=O)NCC2(c3ccccn3)CC2)c(C)c1F. The van der Waals surface area contributed by atoms with Crippen molar-refractivity contribution in [1.82, 2.24) is 9.71 Å².